The van der Waals surface area contributed by atoms with Gasteiger partial charge < -0.3 is 5.32 Å². The molecule has 0 atom stereocenters. The minimum absolute atomic E-state index is 0.0984. The highest BCUT2D eigenvalue weighted by Gasteiger charge is 2.15. The molecular weight excluding hydrogens is 430 g/mol. The summed E-state index contributed by atoms with van der Waals surface area (Å²) < 4.78 is 1.88. The minimum atomic E-state index is -0.0984. The van der Waals surface area contributed by atoms with Crippen LogP contribution in [0.25, 0.3) is 38.5 Å². The molecule has 0 unspecified atom stereocenters. The molecule has 1 N–H and O–H groups in total. The van der Waals surface area contributed by atoms with Crippen LogP contribution in [0.1, 0.15) is 15.9 Å². The van der Waals surface area contributed by atoms with Crippen molar-refractivity contribution in [2.24, 2.45) is 0 Å². The standard InChI is InChI=1S/C31H23N3O/c35-31(29-16-8-12-23-10-6-7-15-28(23)29)32-20-26-21-34(27-13-2-1-3-14-27)33-30(26)25-18-17-22-9-4-5-11-24(22)19-25/h1-19,21H,20H2,(H,32,35). The van der Waals surface area contributed by atoms with Crippen molar-refractivity contribution in [3.63, 3.8) is 0 Å². The molecule has 0 bridgehead atoms. The van der Waals surface area contributed by atoms with E-state index in [9.17, 15) is 4.79 Å². The van der Waals surface area contributed by atoms with E-state index >= 15 is 0 Å². The second-order valence-corrected chi connectivity index (χ2v) is 8.55. The van der Waals surface area contributed by atoms with E-state index in [0.29, 0.717) is 12.1 Å². The molecule has 168 valence electrons. The van der Waals surface area contributed by atoms with Gasteiger partial charge in [0, 0.05) is 29.4 Å². The van der Waals surface area contributed by atoms with Crippen molar-refractivity contribution in [2.75, 3.05) is 0 Å². The van der Waals surface area contributed by atoms with Crippen LogP contribution in [-0.4, -0.2) is 15.7 Å². The lowest BCUT2D eigenvalue weighted by molar-refractivity contribution is 0.0952. The first-order chi connectivity index (χ1) is 17.3. The van der Waals surface area contributed by atoms with Gasteiger partial charge in [-0.25, -0.2) is 4.68 Å². The molecule has 0 aliphatic carbocycles. The molecule has 0 aliphatic heterocycles. The number of amides is 1. The van der Waals surface area contributed by atoms with Crippen molar-refractivity contribution in [3.05, 3.63) is 133 Å². The van der Waals surface area contributed by atoms with E-state index in [2.05, 4.69) is 35.6 Å². The zero-order valence-corrected chi connectivity index (χ0v) is 19.1. The van der Waals surface area contributed by atoms with E-state index in [-0.39, 0.29) is 5.91 Å². The second-order valence-electron chi connectivity index (χ2n) is 8.55. The van der Waals surface area contributed by atoms with E-state index in [4.69, 9.17) is 5.10 Å². The Kier molecular flexibility index (Phi) is 5.32. The molecule has 6 aromatic rings. The third kappa shape index (κ3) is 4.06. The van der Waals surface area contributed by atoms with Crippen molar-refractivity contribution >= 4 is 27.5 Å². The van der Waals surface area contributed by atoms with Gasteiger partial charge in [-0.2, -0.15) is 5.10 Å². The third-order valence-electron chi connectivity index (χ3n) is 6.31. The highest BCUT2D eigenvalue weighted by Crippen LogP contribution is 2.27. The Bertz CT molecular complexity index is 1660. The quantitative estimate of drug-likeness (QED) is 0.313. The van der Waals surface area contributed by atoms with Gasteiger partial charge in [0.25, 0.3) is 5.91 Å². The summed E-state index contributed by atoms with van der Waals surface area (Å²) in [6, 6.07) is 38.4. The summed E-state index contributed by atoms with van der Waals surface area (Å²) in [6.45, 7) is 0.372. The average Bonchev–Trinajstić information content (AvgIpc) is 3.36. The van der Waals surface area contributed by atoms with Gasteiger partial charge in [0.05, 0.1) is 11.4 Å². The molecule has 4 heteroatoms. The molecule has 35 heavy (non-hydrogen) atoms. The first-order valence-electron chi connectivity index (χ1n) is 11.7. The highest BCUT2D eigenvalue weighted by atomic mass is 16.1. The summed E-state index contributed by atoms with van der Waals surface area (Å²) in [4.78, 5) is 13.2. The zero-order valence-electron chi connectivity index (χ0n) is 19.1. The van der Waals surface area contributed by atoms with Crippen LogP contribution in [0.4, 0.5) is 0 Å². The van der Waals surface area contributed by atoms with Crippen LogP contribution in [0.5, 0.6) is 0 Å². The monoisotopic (exact) mass is 453 g/mol. The van der Waals surface area contributed by atoms with Gasteiger partial charge in [-0.3, -0.25) is 4.79 Å². The molecule has 1 aromatic heterocycles. The molecule has 5 aromatic carbocycles. The molecule has 0 fully saturated rings. The lowest BCUT2D eigenvalue weighted by atomic mass is 10.0. The van der Waals surface area contributed by atoms with E-state index < -0.39 is 0 Å². The lowest BCUT2D eigenvalue weighted by Gasteiger charge is -2.09. The molecule has 0 aliphatic rings. The van der Waals surface area contributed by atoms with Crippen molar-refractivity contribution in [3.8, 4) is 16.9 Å². The van der Waals surface area contributed by atoms with Crippen molar-refractivity contribution in [2.45, 2.75) is 6.54 Å². The summed E-state index contributed by atoms with van der Waals surface area (Å²) in [5.41, 5.74) is 4.48. The highest BCUT2D eigenvalue weighted by molar-refractivity contribution is 6.07. The zero-order chi connectivity index (χ0) is 23.6. The van der Waals surface area contributed by atoms with Crippen LogP contribution >= 0.6 is 0 Å². The SMILES string of the molecule is O=C(NCc1cn(-c2ccccc2)nc1-c1ccc2ccccc2c1)c1cccc2ccccc12. The maximum Gasteiger partial charge on any atom is 0.252 e. The summed E-state index contributed by atoms with van der Waals surface area (Å²) in [5, 5.41) is 12.4. The Morgan fingerprint density at radius 3 is 2.29 bits per heavy atom. The number of nitrogens with one attached hydrogen (secondary N) is 1. The first kappa shape index (κ1) is 20.9. The molecule has 1 amide bonds. The number of carbonyl (C=O) groups is 1. The maximum atomic E-state index is 13.2. The molecular formula is C31H23N3O. The molecule has 0 saturated carbocycles. The summed E-state index contributed by atoms with van der Waals surface area (Å²) >= 11 is 0. The van der Waals surface area contributed by atoms with Crippen molar-refractivity contribution in [1.82, 2.24) is 15.1 Å². The van der Waals surface area contributed by atoms with Crippen LogP contribution in [0.3, 0.4) is 0 Å². The smallest absolute Gasteiger partial charge is 0.252 e. The average molecular weight is 454 g/mol. The lowest BCUT2D eigenvalue weighted by Crippen LogP contribution is -2.23. The molecule has 1 heterocycles. The molecule has 4 nitrogen and oxygen atoms in total. The van der Waals surface area contributed by atoms with Crippen LogP contribution in [0.15, 0.2) is 121 Å². The predicted octanol–water partition coefficient (Wildman–Crippen LogP) is 6.78. The van der Waals surface area contributed by atoms with E-state index in [1.807, 2.05) is 95.8 Å². The Morgan fingerprint density at radius 1 is 0.714 bits per heavy atom. The predicted molar refractivity (Wildman–Crippen MR) is 142 cm³/mol. The largest absolute Gasteiger partial charge is 0.348 e. The fraction of sp³-hybridized carbons (Fsp3) is 0.0323. The third-order valence-corrected chi connectivity index (χ3v) is 6.31. The number of hydrogen-bond donors (Lipinski definition) is 1. The molecule has 0 spiro atoms. The summed E-state index contributed by atoms with van der Waals surface area (Å²) in [6.07, 6.45) is 2.00. The van der Waals surface area contributed by atoms with Crippen LogP contribution < -0.4 is 5.32 Å². The Morgan fingerprint density at radius 2 is 1.43 bits per heavy atom. The number of para-hydroxylation sites is 1. The first-order valence-corrected chi connectivity index (χ1v) is 11.7. The maximum absolute atomic E-state index is 13.2. The molecule has 0 saturated heterocycles. The summed E-state index contributed by atoms with van der Waals surface area (Å²) in [5.74, 6) is -0.0984. The second kappa shape index (κ2) is 8.92. The van der Waals surface area contributed by atoms with Gasteiger partial charge in [0.1, 0.15) is 0 Å². The van der Waals surface area contributed by atoms with Crippen molar-refractivity contribution < 1.29 is 4.79 Å². The van der Waals surface area contributed by atoms with Gasteiger partial charge in [0.2, 0.25) is 0 Å². The molecule has 6 rings (SSSR count). The fourth-order valence-corrected chi connectivity index (χ4v) is 4.53. The topological polar surface area (TPSA) is 46.9 Å². The number of nitrogens with zero attached hydrogens (tertiary/aromatic N) is 2. The van der Waals surface area contributed by atoms with E-state index in [0.717, 1.165) is 38.7 Å². The Balaban J connectivity index is 1.37. The van der Waals surface area contributed by atoms with E-state index in [1.54, 1.807) is 0 Å². The van der Waals surface area contributed by atoms with Crippen molar-refractivity contribution in [1.29, 1.82) is 0 Å². The van der Waals surface area contributed by atoms with Gasteiger partial charge >= 0.3 is 0 Å². The normalized spacial score (nSPS) is 11.1. The van der Waals surface area contributed by atoms with Crippen LogP contribution in [-0.2, 0) is 6.54 Å². The van der Waals surface area contributed by atoms with Gasteiger partial charge in [-0.1, -0.05) is 91.0 Å². The number of benzene rings is 5. The Labute approximate surface area is 203 Å². The number of carbonyl (C=O) groups excluding carboxylic acids is 1. The van der Waals surface area contributed by atoms with Crippen LogP contribution in [0, 0.1) is 0 Å². The van der Waals surface area contributed by atoms with E-state index in [1.165, 1.54) is 5.39 Å². The fourth-order valence-electron chi connectivity index (χ4n) is 4.53. The molecule has 0 radical (unpaired) electrons. The van der Waals surface area contributed by atoms with Crippen LogP contribution in [0.2, 0.25) is 0 Å². The number of hydrogen-bond acceptors (Lipinski definition) is 2. The number of aromatic nitrogens is 2. The Hall–Kier alpha value is -4.70. The number of fused-ring (bicyclic) bond motifs is 2. The number of rotatable bonds is 5. The minimum Gasteiger partial charge on any atom is -0.348 e. The van der Waals surface area contributed by atoms with Gasteiger partial charge in [0.15, 0.2) is 0 Å². The summed E-state index contributed by atoms with van der Waals surface area (Å²) in [7, 11) is 0. The van der Waals surface area contributed by atoms with Gasteiger partial charge in [-0.05, 0) is 45.8 Å². The van der Waals surface area contributed by atoms with Gasteiger partial charge in [-0.15, -0.1) is 0 Å².